The van der Waals surface area contributed by atoms with E-state index in [0.717, 1.165) is 5.56 Å². The highest BCUT2D eigenvalue weighted by Gasteiger charge is 2.36. The molecule has 186 valence electrons. The van der Waals surface area contributed by atoms with Crippen molar-refractivity contribution in [1.82, 2.24) is 4.90 Å². The van der Waals surface area contributed by atoms with E-state index in [-0.39, 0.29) is 41.6 Å². The lowest BCUT2D eigenvalue weighted by atomic mass is 9.83. The third kappa shape index (κ3) is 5.89. The Bertz CT molecular complexity index is 1080. The van der Waals surface area contributed by atoms with Gasteiger partial charge >= 0.3 is 11.9 Å². The van der Waals surface area contributed by atoms with E-state index in [0.29, 0.717) is 17.1 Å². The molecule has 0 saturated heterocycles. The predicted molar refractivity (Wildman–Crippen MR) is 130 cm³/mol. The van der Waals surface area contributed by atoms with Crippen molar-refractivity contribution in [3.05, 3.63) is 76.1 Å². The molecule has 3 rings (SSSR count). The first-order valence-electron chi connectivity index (χ1n) is 11.1. The van der Waals surface area contributed by atoms with Gasteiger partial charge < -0.3 is 29.0 Å². The second kappa shape index (κ2) is 11.7. The van der Waals surface area contributed by atoms with Gasteiger partial charge in [0.05, 0.1) is 44.5 Å². The van der Waals surface area contributed by atoms with Crippen molar-refractivity contribution in [3.8, 4) is 17.2 Å². The van der Waals surface area contributed by atoms with Gasteiger partial charge in [0.15, 0.2) is 11.5 Å². The minimum absolute atomic E-state index is 0.134. The normalized spacial score (nSPS) is 13.6. The Morgan fingerprint density at radius 1 is 0.914 bits per heavy atom. The van der Waals surface area contributed by atoms with Crippen molar-refractivity contribution in [2.45, 2.75) is 26.3 Å². The molecule has 0 unspecified atom stereocenters. The summed E-state index contributed by atoms with van der Waals surface area (Å²) >= 11 is 6.00. The van der Waals surface area contributed by atoms with E-state index in [1.807, 2.05) is 12.1 Å². The van der Waals surface area contributed by atoms with Gasteiger partial charge in [0, 0.05) is 24.0 Å². The van der Waals surface area contributed by atoms with Crippen molar-refractivity contribution >= 4 is 23.5 Å². The van der Waals surface area contributed by atoms with Crippen molar-refractivity contribution in [3.63, 3.8) is 0 Å². The molecular formula is C26H28ClNO7. The van der Waals surface area contributed by atoms with Gasteiger partial charge in [0.1, 0.15) is 0 Å². The van der Waals surface area contributed by atoms with E-state index in [9.17, 15) is 14.7 Å². The molecule has 0 radical (unpaired) electrons. The van der Waals surface area contributed by atoms with Gasteiger partial charge in [-0.1, -0.05) is 23.7 Å². The molecule has 0 spiro atoms. The third-order valence-electron chi connectivity index (χ3n) is 5.37. The molecule has 2 aromatic rings. The number of phenolic OH excluding ortho intramolecular Hbond substituents is 1. The van der Waals surface area contributed by atoms with Gasteiger partial charge in [-0.15, -0.1) is 0 Å². The lowest BCUT2D eigenvalue weighted by Crippen LogP contribution is -2.29. The van der Waals surface area contributed by atoms with Gasteiger partial charge in [-0.25, -0.2) is 9.59 Å². The molecule has 0 bridgehead atoms. The first kappa shape index (κ1) is 26.0. The molecule has 35 heavy (non-hydrogen) atoms. The Hall–Kier alpha value is -3.65. The Morgan fingerprint density at radius 3 is 1.83 bits per heavy atom. The quantitative estimate of drug-likeness (QED) is 0.500. The van der Waals surface area contributed by atoms with Crippen LogP contribution in [0.15, 0.2) is 59.9 Å². The fourth-order valence-electron chi connectivity index (χ4n) is 3.81. The van der Waals surface area contributed by atoms with E-state index >= 15 is 0 Å². The van der Waals surface area contributed by atoms with Crippen molar-refractivity contribution in [2.75, 3.05) is 27.4 Å². The molecule has 1 N–H and O–H groups in total. The number of benzene rings is 2. The highest BCUT2D eigenvalue weighted by Crippen LogP contribution is 2.44. The van der Waals surface area contributed by atoms with E-state index in [4.69, 9.17) is 30.5 Å². The summed E-state index contributed by atoms with van der Waals surface area (Å²) in [4.78, 5) is 27.9. The number of hydrogen-bond acceptors (Lipinski definition) is 8. The first-order valence-corrected chi connectivity index (χ1v) is 11.4. The van der Waals surface area contributed by atoms with Crippen LogP contribution in [0.1, 0.15) is 30.9 Å². The molecule has 0 fully saturated rings. The van der Waals surface area contributed by atoms with Crippen molar-refractivity contribution < 1.29 is 33.6 Å². The summed E-state index contributed by atoms with van der Waals surface area (Å²) in [6.45, 7) is 4.09. The maximum atomic E-state index is 13.1. The summed E-state index contributed by atoms with van der Waals surface area (Å²) in [5.41, 5.74) is 1.85. The second-order valence-corrected chi connectivity index (χ2v) is 8.05. The fraction of sp³-hybridized carbons (Fsp3) is 0.308. The largest absolute Gasteiger partial charge is 0.502 e. The number of carbonyl (C=O) groups is 2. The number of nitrogens with zero attached hydrogens (tertiary/aromatic N) is 1. The van der Waals surface area contributed by atoms with E-state index in [1.54, 1.807) is 55.4 Å². The van der Waals surface area contributed by atoms with Gasteiger partial charge in [0.2, 0.25) is 5.75 Å². The summed E-state index contributed by atoms with van der Waals surface area (Å²) < 4.78 is 21.2. The molecular weight excluding hydrogens is 474 g/mol. The molecule has 2 aromatic carbocycles. The predicted octanol–water partition coefficient (Wildman–Crippen LogP) is 4.56. The molecule has 0 aliphatic carbocycles. The number of carbonyl (C=O) groups excluding carboxylic acids is 2. The number of aromatic hydroxyl groups is 1. The molecule has 9 heteroatoms. The van der Waals surface area contributed by atoms with Gasteiger partial charge in [-0.05, 0) is 49.2 Å². The Kier molecular flexibility index (Phi) is 8.65. The second-order valence-electron chi connectivity index (χ2n) is 7.62. The Labute approximate surface area is 209 Å². The average molecular weight is 502 g/mol. The monoisotopic (exact) mass is 501 g/mol. The van der Waals surface area contributed by atoms with E-state index < -0.39 is 17.9 Å². The SMILES string of the molecule is CCOC(=O)C1=CN(Cc2ccc(Cl)cc2)C=C(C(=O)OCC)C1c1cc(OC)c(O)c(OC)c1. The summed E-state index contributed by atoms with van der Waals surface area (Å²) in [5.74, 6) is -1.94. The molecule has 1 heterocycles. The van der Waals surface area contributed by atoms with Crippen molar-refractivity contribution in [2.24, 2.45) is 0 Å². The molecule has 8 nitrogen and oxygen atoms in total. The molecule has 0 aromatic heterocycles. The molecule has 0 amide bonds. The lowest BCUT2D eigenvalue weighted by Gasteiger charge is -2.31. The standard InChI is InChI=1S/C26H28ClNO7/c1-5-34-25(30)19-14-28(13-16-7-9-18(27)10-8-16)15-20(26(31)35-6-2)23(19)17-11-21(32-3)24(29)22(12-17)33-4/h7-12,14-15,23,29H,5-6,13H2,1-4H3. The van der Waals surface area contributed by atoms with Crippen LogP contribution in [-0.4, -0.2) is 49.4 Å². The average Bonchev–Trinajstić information content (AvgIpc) is 2.85. The number of hydrogen-bond donors (Lipinski definition) is 1. The van der Waals surface area contributed by atoms with Crippen LogP contribution in [0, 0.1) is 0 Å². The number of esters is 2. The van der Waals surface area contributed by atoms with Gasteiger partial charge in [-0.2, -0.15) is 0 Å². The number of halogens is 1. The topological polar surface area (TPSA) is 94.5 Å². The zero-order valence-corrected chi connectivity index (χ0v) is 20.8. The zero-order chi connectivity index (χ0) is 25.5. The van der Waals surface area contributed by atoms with Crippen LogP contribution in [-0.2, 0) is 25.6 Å². The molecule has 0 atom stereocenters. The molecule has 1 aliphatic rings. The molecule has 0 saturated carbocycles. The van der Waals surface area contributed by atoms with Crippen LogP contribution in [0.3, 0.4) is 0 Å². The highest BCUT2D eigenvalue weighted by atomic mass is 35.5. The minimum atomic E-state index is -0.849. The van der Waals surface area contributed by atoms with Crippen LogP contribution in [0.2, 0.25) is 5.02 Å². The lowest BCUT2D eigenvalue weighted by molar-refractivity contribution is -0.139. The van der Waals surface area contributed by atoms with Crippen LogP contribution in [0.4, 0.5) is 0 Å². The minimum Gasteiger partial charge on any atom is -0.502 e. The number of ether oxygens (including phenoxy) is 4. The summed E-state index contributed by atoms with van der Waals surface area (Å²) in [6.07, 6.45) is 3.29. The number of rotatable bonds is 9. The van der Waals surface area contributed by atoms with E-state index in [2.05, 4.69) is 0 Å². The smallest absolute Gasteiger partial charge is 0.336 e. The van der Waals surface area contributed by atoms with Crippen LogP contribution >= 0.6 is 11.6 Å². The maximum Gasteiger partial charge on any atom is 0.336 e. The van der Waals surface area contributed by atoms with Gasteiger partial charge in [-0.3, -0.25) is 0 Å². The van der Waals surface area contributed by atoms with Crippen LogP contribution in [0.5, 0.6) is 17.2 Å². The summed E-state index contributed by atoms with van der Waals surface area (Å²) in [5, 5.41) is 11.0. The van der Waals surface area contributed by atoms with Crippen LogP contribution in [0.25, 0.3) is 0 Å². The van der Waals surface area contributed by atoms with Gasteiger partial charge in [0.25, 0.3) is 0 Å². The summed E-state index contributed by atoms with van der Waals surface area (Å²) in [7, 11) is 2.80. The van der Waals surface area contributed by atoms with Crippen LogP contribution < -0.4 is 9.47 Å². The highest BCUT2D eigenvalue weighted by molar-refractivity contribution is 6.30. The van der Waals surface area contributed by atoms with E-state index in [1.165, 1.54) is 14.2 Å². The summed E-state index contributed by atoms with van der Waals surface area (Å²) in [6, 6.07) is 10.4. The Balaban J connectivity index is 2.16. The third-order valence-corrected chi connectivity index (χ3v) is 5.62. The number of phenols is 1. The fourth-order valence-corrected chi connectivity index (χ4v) is 3.94. The number of methoxy groups -OCH3 is 2. The zero-order valence-electron chi connectivity index (χ0n) is 20.0. The first-order chi connectivity index (χ1) is 16.8. The maximum absolute atomic E-state index is 13.1. The molecule has 1 aliphatic heterocycles. The van der Waals surface area contributed by atoms with Crippen molar-refractivity contribution in [1.29, 1.82) is 0 Å². The Morgan fingerprint density at radius 2 is 1.40 bits per heavy atom.